The highest BCUT2D eigenvalue weighted by molar-refractivity contribution is 9.10. The number of carbonyl (C=O) groups excluding carboxylic acids is 1. The molecular weight excluding hydrogens is 422 g/mol. The molecule has 0 aliphatic rings. The fourth-order valence-electron chi connectivity index (χ4n) is 2.71. The van der Waals surface area contributed by atoms with Crippen LogP contribution < -0.4 is 10.1 Å². The summed E-state index contributed by atoms with van der Waals surface area (Å²) >= 11 is 3.39. The zero-order valence-corrected chi connectivity index (χ0v) is 16.6. The Morgan fingerprint density at radius 3 is 2.89 bits per heavy atom. The van der Waals surface area contributed by atoms with Gasteiger partial charge in [-0.15, -0.1) is 0 Å². The van der Waals surface area contributed by atoms with E-state index < -0.39 is 0 Å². The van der Waals surface area contributed by atoms with Crippen molar-refractivity contribution < 1.29 is 13.9 Å². The predicted molar refractivity (Wildman–Crippen MR) is 110 cm³/mol. The van der Waals surface area contributed by atoms with Crippen molar-refractivity contribution in [3.05, 3.63) is 71.0 Å². The third-order valence-electron chi connectivity index (χ3n) is 3.98. The maximum Gasteiger partial charge on any atom is 0.262 e. The van der Waals surface area contributed by atoms with Gasteiger partial charge in [0, 0.05) is 22.6 Å². The largest absolute Gasteiger partial charge is 0.484 e. The lowest BCUT2D eigenvalue weighted by molar-refractivity contribution is -0.118. The topological polar surface area (TPSA) is 77.2 Å². The van der Waals surface area contributed by atoms with Gasteiger partial charge in [-0.3, -0.25) is 9.78 Å². The van der Waals surface area contributed by atoms with Crippen molar-refractivity contribution in [3.63, 3.8) is 0 Å². The zero-order valence-electron chi connectivity index (χ0n) is 15.0. The Labute approximate surface area is 169 Å². The number of nitrogens with zero attached hydrogens (tertiary/aromatic N) is 2. The summed E-state index contributed by atoms with van der Waals surface area (Å²) in [7, 11) is 0. The second kappa shape index (κ2) is 7.82. The van der Waals surface area contributed by atoms with Gasteiger partial charge in [-0.05, 0) is 64.8 Å². The lowest BCUT2D eigenvalue weighted by Gasteiger charge is -2.08. The highest BCUT2D eigenvalue weighted by Gasteiger charge is 2.11. The number of aromatic nitrogens is 2. The van der Waals surface area contributed by atoms with Gasteiger partial charge in [0.05, 0.1) is 5.56 Å². The van der Waals surface area contributed by atoms with E-state index in [0.717, 1.165) is 15.6 Å². The number of fused-ring (bicyclic) bond motifs is 1. The molecule has 0 aliphatic carbocycles. The summed E-state index contributed by atoms with van der Waals surface area (Å²) in [6.45, 7) is 1.90. The van der Waals surface area contributed by atoms with E-state index in [2.05, 4.69) is 31.2 Å². The first-order chi connectivity index (χ1) is 13.6. The molecule has 1 amide bonds. The minimum Gasteiger partial charge on any atom is -0.484 e. The van der Waals surface area contributed by atoms with E-state index in [0.29, 0.717) is 28.4 Å². The highest BCUT2D eigenvalue weighted by atomic mass is 79.9. The zero-order chi connectivity index (χ0) is 19.5. The molecular formula is C21H16BrN3O3. The van der Waals surface area contributed by atoms with E-state index in [4.69, 9.17) is 9.15 Å². The normalized spacial score (nSPS) is 10.8. The summed E-state index contributed by atoms with van der Waals surface area (Å²) in [5, 5.41) is 2.81. The van der Waals surface area contributed by atoms with Crippen molar-refractivity contribution in [2.75, 3.05) is 11.9 Å². The van der Waals surface area contributed by atoms with Gasteiger partial charge in [0.15, 0.2) is 12.2 Å². The second-order valence-corrected chi connectivity index (χ2v) is 7.16. The molecule has 1 N–H and O–H groups in total. The summed E-state index contributed by atoms with van der Waals surface area (Å²) in [4.78, 5) is 20.8. The monoisotopic (exact) mass is 437 g/mol. The first kappa shape index (κ1) is 18.2. The molecule has 2 heterocycles. The van der Waals surface area contributed by atoms with Gasteiger partial charge in [0.25, 0.3) is 5.91 Å². The Morgan fingerprint density at radius 2 is 2.07 bits per heavy atom. The van der Waals surface area contributed by atoms with Crippen molar-refractivity contribution >= 4 is 38.6 Å². The molecule has 0 saturated carbocycles. The number of ether oxygens (including phenoxy) is 1. The molecule has 0 spiro atoms. The molecule has 28 heavy (non-hydrogen) atoms. The minimum atomic E-state index is -0.249. The van der Waals surface area contributed by atoms with E-state index in [9.17, 15) is 4.79 Å². The fraction of sp³-hybridized carbons (Fsp3) is 0.0952. The van der Waals surface area contributed by atoms with Gasteiger partial charge in [-0.25, -0.2) is 4.98 Å². The minimum absolute atomic E-state index is 0.0741. The number of rotatable bonds is 5. The molecule has 0 unspecified atom stereocenters. The van der Waals surface area contributed by atoms with Crippen LogP contribution in [0.25, 0.3) is 22.6 Å². The van der Waals surface area contributed by atoms with E-state index in [-0.39, 0.29) is 12.5 Å². The number of benzene rings is 2. The molecule has 0 fully saturated rings. The quantitative estimate of drug-likeness (QED) is 0.476. The fourth-order valence-corrected chi connectivity index (χ4v) is 3.07. The van der Waals surface area contributed by atoms with Crippen LogP contribution in [-0.4, -0.2) is 22.5 Å². The maximum atomic E-state index is 12.2. The van der Waals surface area contributed by atoms with Crippen molar-refractivity contribution in [2.45, 2.75) is 6.92 Å². The van der Waals surface area contributed by atoms with E-state index >= 15 is 0 Å². The molecule has 0 aliphatic heterocycles. The smallest absolute Gasteiger partial charge is 0.262 e. The number of anilines is 1. The second-order valence-electron chi connectivity index (χ2n) is 6.25. The number of hydrogen-bond acceptors (Lipinski definition) is 5. The van der Waals surface area contributed by atoms with Crippen LogP contribution in [0.4, 0.5) is 5.69 Å². The van der Waals surface area contributed by atoms with Crippen LogP contribution in [0.2, 0.25) is 0 Å². The predicted octanol–water partition coefficient (Wildman–Crippen LogP) is 4.98. The van der Waals surface area contributed by atoms with Gasteiger partial charge >= 0.3 is 0 Å². The van der Waals surface area contributed by atoms with Crippen LogP contribution in [-0.2, 0) is 4.79 Å². The molecule has 4 rings (SSSR count). The molecule has 7 heteroatoms. The molecule has 2 aromatic carbocycles. The Bertz CT molecular complexity index is 1160. The summed E-state index contributed by atoms with van der Waals surface area (Å²) < 4.78 is 12.1. The summed E-state index contributed by atoms with van der Waals surface area (Å²) in [5.74, 6) is 0.880. The highest BCUT2D eigenvalue weighted by Crippen LogP contribution is 2.27. The molecule has 4 aromatic rings. The van der Waals surface area contributed by atoms with Crippen LogP contribution in [0.3, 0.4) is 0 Å². The van der Waals surface area contributed by atoms with Crippen LogP contribution in [0.15, 0.2) is 69.8 Å². The number of amides is 1. The van der Waals surface area contributed by atoms with Crippen LogP contribution >= 0.6 is 15.9 Å². The number of halogens is 1. The molecule has 0 bridgehead atoms. The number of carbonyl (C=O) groups is 1. The molecule has 0 atom stereocenters. The molecule has 6 nitrogen and oxygen atoms in total. The van der Waals surface area contributed by atoms with Gasteiger partial charge in [0.2, 0.25) is 5.89 Å². The third kappa shape index (κ3) is 4.20. The van der Waals surface area contributed by atoms with Gasteiger partial charge in [0.1, 0.15) is 11.3 Å². The molecule has 140 valence electrons. The van der Waals surface area contributed by atoms with E-state index in [1.54, 1.807) is 30.6 Å². The van der Waals surface area contributed by atoms with E-state index in [1.807, 2.05) is 37.3 Å². The maximum absolute atomic E-state index is 12.2. The lowest BCUT2D eigenvalue weighted by Crippen LogP contribution is -2.20. The Balaban J connectivity index is 1.46. The van der Waals surface area contributed by atoms with Crippen molar-refractivity contribution in [2.24, 2.45) is 0 Å². The van der Waals surface area contributed by atoms with Crippen LogP contribution in [0.5, 0.6) is 5.75 Å². The number of aryl methyl sites for hydroxylation is 1. The van der Waals surface area contributed by atoms with Crippen molar-refractivity contribution in [1.29, 1.82) is 0 Å². The van der Waals surface area contributed by atoms with E-state index in [1.165, 1.54) is 0 Å². The number of nitrogens with one attached hydrogen (secondary N) is 1. The lowest BCUT2D eigenvalue weighted by atomic mass is 10.2. The third-order valence-corrected chi connectivity index (χ3v) is 4.42. The number of oxazole rings is 1. The van der Waals surface area contributed by atoms with Crippen LogP contribution in [0.1, 0.15) is 5.56 Å². The number of hydrogen-bond donors (Lipinski definition) is 1. The Hall–Kier alpha value is -3.19. The summed E-state index contributed by atoms with van der Waals surface area (Å²) in [6, 6.07) is 14.7. The average Bonchev–Trinajstić information content (AvgIpc) is 3.10. The first-order valence-electron chi connectivity index (χ1n) is 8.58. The molecule has 0 saturated heterocycles. The van der Waals surface area contributed by atoms with Gasteiger partial charge in [-0.1, -0.05) is 12.1 Å². The van der Waals surface area contributed by atoms with Gasteiger partial charge in [-0.2, -0.15) is 0 Å². The van der Waals surface area contributed by atoms with Gasteiger partial charge < -0.3 is 14.5 Å². The SMILES string of the molecule is Cc1cccc(OCC(=O)Nc2ccc3oc(-c4cncc(Br)c4)nc3c2)c1. The summed E-state index contributed by atoms with van der Waals surface area (Å²) in [5.41, 5.74) is 3.74. The van der Waals surface area contributed by atoms with Crippen molar-refractivity contribution in [3.8, 4) is 17.2 Å². The Morgan fingerprint density at radius 1 is 1.18 bits per heavy atom. The number of pyridine rings is 1. The Kier molecular flexibility index (Phi) is 5.08. The first-order valence-corrected chi connectivity index (χ1v) is 9.37. The standard InChI is InChI=1S/C21H16BrN3O3/c1-13-3-2-4-17(7-13)27-12-20(26)24-16-5-6-19-18(9-16)25-21(28-19)14-8-15(22)11-23-10-14/h2-11H,12H2,1H3,(H,24,26). The van der Waals surface area contributed by atoms with Crippen LogP contribution in [0, 0.1) is 6.92 Å². The molecule has 2 aromatic heterocycles. The average molecular weight is 438 g/mol. The summed E-state index contributed by atoms with van der Waals surface area (Å²) in [6.07, 6.45) is 3.37. The van der Waals surface area contributed by atoms with Crippen molar-refractivity contribution in [1.82, 2.24) is 9.97 Å². The molecule has 0 radical (unpaired) electrons.